The Morgan fingerprint density at radius 1 is 1.07 bits per heavy atom. The van der Waals surface area contributed by atoms with E-state index in [0.29, 0.717) is 3.97 Å². The van der Waals surface area contributed by atoms with Gasteiger partial charge in [-0.1, -0.05) is 36.4 Å². The van der Waals surface area contributed by atoms with Crippen LogP contribution in [0.4, 0.5) is 27.6 Å². The molecule has 0 fully saturated rings. The van der Waals surface area contributed by atoms with Gasteiger partial charge in [0.1, 0.15) is 0 Å². The normalized spacial score (nSPS) is 13.0. The fourth-order valence-electron chi connectivity index (χ4n) is 2.99. The molecule has 0 aliphatic heterocycles. The molecular formula is C19H15F5N2O2S. The average Bonchev–Trinajstić information content (AvgIpc) is 3.03. The fourth-order valence-corrected chi connectivity index (χ4v) is 4.22. The highest BCUT2D eigenvalue weighted by Crippen LogP contribution is 2.35. The largest absolute Gasteiger partial charge is 0.416 e. The van der Waals surface area contributed by atoms with Crippen molar-refractivity contribution in [1.29, 1.82) is 0 Å². The second kappa shape index (κ2) is 7.51. The molecule has 0 aliphatic rings. The second-order valence-corrected chi connectivity index (χ2v) is 8.08. The second-order valence-electron chi connectivity index (χ2n) is 6.19. The fraction of sp³-hybridized carbons (Fsp3) is 0.158. The summed E-state index contributed by atoms with van der Waals surface area (Å²) in [6, 6.07) is 8.82. The van der Waals surface area contributed by atoms with E-state index in [2.05, 4.69) is 0 Å². The molecule has 1 heterocycles. The SMILES string of the molecule is Nc1cccc2c1c(C(F)F)cn2S(=O)(=O)CC=Cc1ccccc1C(F)(F)F. The van der Waals surface area contributed by atoms with Crippen LogP contribution in [0.1, 0.15) is 23.1 Å². The van der Waals surface area contributed by atoms with Crippen molar-refractivity contribution >= 4 is 32.7 Å². The van der Waals surface area contributed by atoms with Crippen LogP contribution in [0.25, 0.3) is 17.0 Å². The maximum absolute atomic E-state index is 13.3. The lowest BCUT2D eigenvalue weighted by atomic mass is 10.1. The molecule has 0 saturated carbocycles. The van der Waals surface area contributed by atoms with E-state index in [1.54, 1.807) is 0 Å². The number of hydrogen-bond donors (Lipinski definition) is 1. The summed E-state index contributed by atoms with van der Waals surface area (Å²) < 4.78 is 91.7. The van der Waals surface area contributed by atoms with Crippen LogP contribution in [0.2, 0.25) is 0 Å². The Morgan fingerprint density at radius 2 is 1.76 bits per heavy atom. The van der Waals surface area contributed by atoms with Gasteiger partial charge in [-0.25, -0.2) is 21.2 Å². The van der Waals surface area contributed by atoms with E-state index >= 15 is 0 Å². The number of nitrogens with zero attached hydrogens (tertiary/aromatic N) is 1. The molecule has 0 bridgehead atoms. The van der Waals surface area contributed by atoms with Gasteiger partial charge < -0.3 is 5.73 Å². The van der Waals surface area contributed by atoms with E-state index in [1.807, 2.05) is 0 Å². The van der Waals surface area contributed by atoms with Crippen molar-refractivity contribution in [3.63, 3.8) is 0 Å². The van der Waals surface area contributed by atoms with Gasteiger partial charge in [0.2, 0.25) is 10.0 Å². The van der Waals surface area contributed by atoms with Gasteiger partial charge >= 0.3 is 6.18 Å². The van der Waals surface area contributed by atoms with Crippen LogP contribution in [0.15, 0.2) is 54.7 Å². The number of rotatable bonds is 5. The number of hydrogen-bond acceptors (Lipinski definition) is 3. The first-order chi connectivity index (χ1) is 13.5. The molecule has 0 unspecified atom stereocenters. The van der Waals surface area contributed by atoms with Crippen LogP contribution in [-0.4, -0.2) is 18.1 Å². The van der Waals surface area contributed by atoms with E-state index < -0.39 is 39.5 Å². The van der Waals surface area contributed by atoms with E-state index in [-0.39, 0.29) is 22.2 Å². The molecule has 154 valence electrons. The Kier molecular flexibility index (Phi) is 5.40. The third kappa shape index (κ3) is 4.12. The van der Waals surface area contributed by atoms with Gasteiger partial charge in [-0.15, -0.1) is 0 Å². The number of aromatic nitrogens is 1. The molecule has 2 aromatic carbocycles. The minimum atomic E-state index is -4.60. The third-order valence-corrected chi connectivity index (χ3v) is 5.78. The lowest BCUT2D eigenvalue weighted by Gasteiger charge is -2.10. The van der Waals surface area contributed by atoms with Crippen LogP contribution >= 0.6 is 0 Å². The van der Waals surface area contributed by atoms with Crippen molar-refractivity contribution in [3.05, 3.63) is 71.4 Å². The molecule has 0 saturated heterocycles. The summed E-state index contributed by atoms with van der Waals surface area (Å²) in [6.45, 7) is 0. The number of nitrogens with two attached hydrogens (primary N) is 1. The first-order valence-corrected chi connectivity index (χ1v) is 9.87. The minimum Gasteiger partial charge on any atom is -0.398 e. The van der Waals surface area contributed by atoms with Gasteiger partial charge in [0.25, 0.3) is 6.43 Å². The van der Waals surface area contributed by atoms with Crippen LogP contribution in [0.5, 0.6) is 0 Å². The van der Waals surface area contributed by atoms with Gasteiger partial charge in [-0.05, 0) is 23.8 Å². The zero-order valence-electron chi connectivity index (χ0n) is 14.7. The Bertz CT molecular complexity index is 1180. The average molecular weight is 430 g/mol. The standard InChI is InChI=1S/C19H15F5N2O2S/c20-18(21)13-11-26(16-9-3-8-15(25)17(13)16)29(27,28)10-4-6-12-5-1-2-7-14(12)19(22,23)24/h1-9,11,18H,10,25H2. The summed E-state index contributed by atoms with van der Waals surface area (Å²) in [6.07, 6.45) is -4.68. The lowest BCUT2D eigenvalue weighted by Crippen LogP contribution is -2.14. The highest BCUT2D eigenvalue weighted by molar-refractivity contribution is 7.90. The predicted octanol–water partition coefficient (Wildman–Crippen LogP) is 5.07. The van der Waals surface area contributed by atoms with Crippen LogP contribution in [0, 0.1) is 0 Å². The van der Waals surface area contributed by atoms with Gasteiger partial charge in [0.15, 0.2) is 0 Å². The molecule has 2 N–H and O–H groups in total. The Hall–Kier alpha value is -2.88. The third-order valence-electron chi connectivity index (χ3n) is 4.26. The van der Waals surface area contributed by atoms with Crippen molar-refractivity contribution < 1.29 is 30.4 Å². The summed E-state index contributed by atoms with van der Waals surface area (Å²) >= 11 is 0. The molecule has 0 atom stereocenters. The van der Waals surface area contributed by atoms with E-state index in [4.69, 9.17) is 5.73 Å². The maximum atomic E-state index is 13.3. The predicted molar refractivity (Wildman–Crippen MR) is 101 cm³/mol. The number of fused-ring (bicyclic) bond motifs is 1. The quantitative estimate of drug-likeness (QED) is 0.454. The van der Waals surface area contributed by atoms with Gasteiger partial charge in [-0.2, -0.15) is 13.2 Å². The Labute approximate surface area is 163 Å². The van der Waals surface area contributed by atoms with Gasteiger partial charge in [-0.3, -0.25) is 0 Å². The molecule has 4 nitrogen and oxygen atoms in total. The molecule has 0 amide bonds. The zero-order valence-corrected chi connectivity index (χ0v) is 15.5. The number of benzene rings is 2. The molecule has 0 radical (unpaired) electrons. The van der Waals surface area contributed by atoms with Crippen LogP contribution in [0.3, 0.4) is 0 Å². The molecule has 29 heavy (non-hydrogen) atoms. The van der Waals surface area contributed by atoms with E-state index in [0.717, 1.165) is 24.4 Å². The summed E-state index contributed by atoms with van der Waals surface area (Å²) in [5, 5.41) is -0.0718. The van der Waals surface area contributed by atoms with Crippen molar-refractivity contribution in [1.82, 2.24) is 3.97 Å². The first-order valence-electron chi connectivity index (χ1n) is 8.26. The number of halogens is 5. The Balaban J connectivity index is 1.98. The van der Waals surface area contributed by atoms with Gasteiger partial charge in [0.05, 0.1) is 16.8 Å². The van der Waals surface area contributed by atoms with E-state index in [1.165, 1.54) is 36.4 Å². The number of nitrogen functional groups attached to an aromatic ring is 1. The smallest absolute Gasteiger partial charge is 0.398 e. The van der Waals surface area contributed by atoms with Crippen molar-refractivity contribution in [3.8, 4) is 0 Å². The zero-order chi connectivity index (χ0) is 21.4. The van der Waals surface area contributed by atoms with Crippen molar-refractivity contribution in [2.24, 2.45) is 0 Å². The summed E-state index contributed by atoms with van der Waals surface area (Å²) in [4.78, 5) is 0. The number of alkyl halides is 5. The van der Waals surface area contributed by atoms with Crippen molar-refractivity contribution in [2.75, 3.05) is 11.5 Å². The molecular weight excluding hydrogens is 415 g/mol. The summed E-state index contributed by atoms with van der Waals surface area (Å²) in [7, 11) is -4.18. The highest BCUT2D eigenvalue weighted by atomic mass is 32.2. The first kappa shape index (κ1) is 20.8. The minimum absolute atomic E-state index is 0.00129. The number of anilines is 1. The molecule has 0 spiro atoms. The lowest BCUT2D eigenvalue weighted by molar-refractivity contribution is -0.137. The molecule has 3 rings (SSSR count). The molecule has 3 aromatic rings. The topological polar surface area (TPSA) is 65.1 Å². The highest BCUT2D eigenvalue weighted by Gasteiger charge is 2.32. The molecule has 10 heteroatoms. The van der Waals surface area contributed by atoms with Crippen molar-refractivity contribution in [2.45, 2.75) is 12.6 Å². The monoisotopic (exact) mass is 430 g/mol. The van der Waals surface area contributed by atoms with Crippen LogP contribution in [-0.2, 0) is 16.2 Å². The maximum Gasteiger partial charge on any atom is 0.416 e. The molecule has 0 aliphatic carbocycles. The molecule has 1 aromatic heterocycles. The summed E-state index contributed by atoms with van der Waals surface area (Å²) in [5.74, 6) is -0.694. The summed E-state index contributed by atoms with van der Waals surface area (Å²) in [5.41, 5.74) is 4.05. The van der Waals surface area contributed by atoms with Gasteiger partial charge in [0, 0.05) is 22.8 Å². The van der Waals surface area contributed by atoms with E-state index in [9.17, 15) is 30.4 Å². The van der Waals surface area contributed by atoms with Crippen LogP contribution < -0.4 is 5.73 Å². The Morgan fingerprint density at radius 3 is 2.41 bits per heavy atom.